The van der Waals surface area contributed by atoms with Crippen molar-refractivity contribution in [3.8, 4) is 0 Å². The van der Waals surface area contributed by atoms with Crippen LogP contribution >= 0.6 is 0 Å². The molecule has 1 heterocycles. The summed E-state index contributed by atoms with van der Waals surface area (Å²) in [6.07, 6.45) is 1.31. The number of amides is 1. The summed E-state index contributed by atoms with van der Waals surface area (Å²) < 4.78 is 26.7. The van der Waals surface area contributed by atoms with Crippen LogP contribution in [0.3, 0.4) is 0 Å². The van der Waals surface area contributed by atoms with Gasteiger partial charge in [0, 0.05) is 38.0 Å². The van der Waals surface area contributed by atoms with Crippen molar-refractivity contribution in [3.05, 3.63) is 71.3 Å². The number of benzene rings is 2. The van der Waals surface area contributed by atoms with Gasteiger partial charge in [-0.3, -0.25) is 9.59 Å². The number of hydrogen-bond donors (Lipinski definition) is 1. The molecule has 0 bridgehead atoms. The summed E-state index contributed by atoms with van der Waals surface area (Å²) in [5, 5.41) is 2.71. The SMILES string of the molecule is O=C(CCC(=O)c1ccccc1)NCCCS(=O)(=O)N1CCc2ccccc2C1. The van der Waals surface area contributed by atoms with Gasteiger partial charge in [0.05, 0.1) is 5.75 Å². The van der Waals surface area contributed by atoms with Gasteiger partial charge >= 0.3 is 0 Å². The van der Waals surface area contributed by atoms with Gasteiger partial charge in [0.25, 0.3) is 0 Å². The normalized spacial score (nSPS) is 14.2. The minimum absolute atomic E-state index is 0.00159. The standard InChI is InChI=1S/C22H26N2O4S/c25-21(19-8-2-1-3-9-19)11-12-22(26)23-14-6-16-29(27,28)24-15-13-18-7-4-5-10-20(18)17-24/h1-5,7-10H,6,11-17H2,(H,23,26). The van der Waals surface area contributed by atoms with Crippen LogP contribution in [0.4, 0.5) is 0 Å². The summed E-state index contributed by atoms with van der Waals surface area (Å²) >= 11 is 0. The zero-order chi connectivity index (χ0) is 20.7. The predicted molar refractivity (Wildman–Crippen MR) is 112 cm³/mol. The molecule has 0 saturated heterocycles. The van der Waals surface area contributed by atoms with Crippen LogP contribution in [0, 0.1) is 0 Å². The molecule has 0 unspecified atom stereocenters. The third-order valence-electron chi connectivity index (χ3n) is 5.07. The first kappa shape index (κ1) is 21.2. The molecule has 1 aliphatic rings. The molecule has 0 radical (unpaired) electrons. The minimum Gasteiger partial charge on any atom is -0.356 e. The Morgan fingerprint density at radius 2 is 1.62 bits per heavy atom. The summed E-state index contributed by atoms with van der Waals surface area (Å²) in [5.74, 6) is -0.314. The Morgan fingerprint density at radius 1 is 0.931 bits per heavy atom. The van der Waals surface area contributed by atoms with Crippen molar-refractivity contribution < 1.29 is 18.0 Å². The number of sulfonamides is 1. The molecule has 154 valence electrons. The summed E-state index contributed by atoms with van der Waals surface area (Å²) in [4.78, 5) is 23.9. The fourth-order valence-corrected chi connectivity index (χ4v) is 4.88. The van der Waals surface area contributed by atoms with Gasteiger partial charge in [0.1, 0.15) is 0 Å². The maximum atomic E-state index is 12.6. The third kappa shape index (κ3) is 5.98. The lowest BCUT2D eigenvalue weighted by atomic mass is 10.0. The van der Waals surface area contributed by atoms with Crippen LogP contribution in [0.2, 0.25) is 0 Å². The van der Waals surface area contributed by atoms with Gasteiger partial charge < -0.3 is 5.32 Å². The van der Waals surface area contributed by atoms with E-state index in [2.05, 4.69) is 5.32 Å². The van der Waals surface area contributed by atoms with Crippen molar-refractivity contribution in [3.63, 3.8) is 0 Å². The second-order valence-corrected chi connectivity index (χ2v) is 9.25. The zero-order valence-electron chi connectivity index (χ0n) is 16.3. The summed E-state index contributed by atoms with van der Waals surface area (Å²) in [6.45, 7) is 1.18. The molecule has 1 N–H and O–H groups in total. The van der Waals surface area contributed by atoms with Gasteiger partial charge in [-0.2, -0.15) is 4.31 Å². The molecule has 0 fully saturated rings. The van der Waals surface area contributed by atoms with Crippen LogP contribution in [0.1, 0.15) is 40.7 Å². The van der Waals surface area contributed by atoms with Gasteiger partial charge in [-0.25, -0.2) is 8.42 Å². The van der Waals surface area contributed by atoms with Crippen molar-refractivity contribution in [2.24, 2.45) is 0 Å². The van der Waals surface area contributed by atoms with E-state index >= 15 is 0 Å². The maximum absolute atomic E-state index is 12.6. The van der Waals surface area contributed by atoms with Gasteiger partial charge in [0.2, 0.25) is 15.9 Å². The lowest BCUT2D eigenvalue weighted by Crippen LogP contribution is -2.38. The Kier molecular flexibility index (Phi) is 7.17. The van der Waals surface area contributed by atoms with Crippen molar-refractivity contribution in [1.29, 1.82) is 0 Å². The quantitative estimate of drug-likeness (QED) is 0.505. The number of fused-ring (bicyclic) bond motifs is 1. The van der Waals surface area contributed by atoms with Crippen LogP contribution in [0.5, 0.6) is 0 Å². The molecule has 1 amide bonds. The lowest BCUT2D eigenvalue weighted by molar-refractivity contribution is -0.121. The van der Waals surface area contributed by atoms with E-state index in [1.54, 1.807) is 24.3 Å². The highest BCUT2D eigenvalue weighted by molar-refractivity contribution is 7.89. The zero-order valence-corrected chi connectivity index (χ0v) is 17.2. The fraction of sp³-hybridized carbons (Fsp3) is 0.364. The van der Waals surface area contributed by atoms with Crippen LogP contribution in [-0.4, -0.2) is 43.3 Å². The van der Waals surface area contributed by atoms with Crippen LogP contribution in [-0.2, 0) is 27.8 Å². The Morgan fingerprint density at radius 3 is 2.38 bits per heavy atom. The molecule has 0 saturated carbocycles. The molecular formula is C22H26N2O4S. The van der Waals surface area contributed by atoms with E-state index in [1.807, 2.05) is 30.3 Å². The van der Waals surface area contributed by atoms with Gasteiger partial charge in [-0.1, -0.05) is 54.6 Å². The van der Waals surface area contributed by atoms with Crippen LogP contribution in [0.25, 0.3) is 0 Å². The summed E-state index contributed by atoms with van der Waals surface area (Å²) in [7, 11) is -3.36. The molecule has 1 aliphatic heterocycles. The molecule has 6 nitrogen and oxygen atoms in total. The van der Waals surface area contributed by atoms with E-state index in [9.17, 15) is 18.0 Å². The largest absolute Gasteiger partial charge is 0.356 e. The minimum atomic E-state index is -3.36. The second kappa shape index (κ2) is 9.80. The van der Waals surface area contributed by atoms with E-state index < -0.39 is 10.0 Å². The average Bonchev–Trinajstić information content (AvgIpc) is 2.75. The Hall–Kier alpha value is -2.51. The van der Waals surface area contributed by atoms with E-state index in [0.717, 1.165) is 12.0 Å². The Labute approximate surface area is 172 Å². The monoisotopic (exact) mass is 414 g/mol. The highest BCUT2D eigenvalue weighted by Gasteiger charge is 2.26. The molecule has 7 heteroatoms. The molecule has 0 atom stereocenters. The maximum Gasteiger partial charge on any atom is 0.220 e. The van der Waals surface area contributed by atoms with Crippen LogP contribution < -0.4 is 5.32 Å². The second-order valence-electron chi connectivity index (χ2n) is 7.16. The molecule has 2 aromatic rings. The molecule has 0 aromatic heterocycles. The first-order valence-electron chi connectivity index (χ1n) is 9.85. The predicted octanol–water partition coefficient (Wildman–Crippen LogP) is 2.54. The number of hydrogen-bond acceptors (Lipinski definition) is 4. The average molecular weight is 415 g/mol. The van der Waals surface area contributed by atoms with Crippen LogP contribution in [0.15, 0.2) is 54.6 Å². The number of Topliss-reactive ketones (excluding diaryl/α,β-unsaturated/α-hetero) is 1. The smallest absolute Gasteiger partial charge is 0.220 e. The lowest BCUT2D eigenvalue weighted by Gasteiger charge is -2.28. The number of nitrogens with zero attached hydrogens (tertiary/aromatic N) is 1. The van der Waals surface area contributed by atoms with E-state index in [-0.39, 0.29) is 36.8 Å². The number of ketones is 1. The fourth-order valence-electron chi connectivity index (χ4n) is 3.40. The number of rotatable bonds is 9. The summed E-state index contributed by atoms with van der Waals surface area (Å²) in [5.41, 5.74) is 2.85. The molecule has 2 aromatic carbocycles. The molecule has 3 rings (SSSR count). The van der Waals surface area contributed by atoms with Crippen molar-refractivity contribution >= 4 is 21.7 Å². The first-order chi connectivity index (χ1) is 14.0. The van der Waals surface area contributed by atoms with E-state index in [4.69, 9.17) is 0 Å². The van der Waals surface area contributed by atoms with E-state index in [0.29, 0.717) is 25.1 Å². The topological polar surface area (TPSA) is 83.5 Å². The van der Waals surface area contributed by atoms with Gasteiger partial charge in [0.15, 0.2) is 5.78 Å². The highest BCUT2D eigenvalue weighted by Crippen LogP contribution is 2.21. The molecule has 29 heavy (non-hydrogen) atoms. The van der Waals surface area contributed by atoms with Crippen molar-refractivity contribution in [2.75, 3.05) is 18.8 Å². The Balaban J connectivity index is 1.37. The Bertz CT molecular complexity index is 958. The molecule has 0 aliphatic carbocycles. The van der Waals surface area contributed by atoms with Gasteiger partial charge in [-0.05, 0) is 24.0 Å². The first-order valence-corrected chi connectivity index (χ1v) is 11.5. The number of carbonyl (C=O) groups excluding carboxylic acids is 2. The summed E-state index contributed by atoms with van der Waals surface area (Å²) in [6, 6.07) is 16.8. The van der Waals surface area contributed by atoms with E-state index in [1.165, 1.54) is 9.87 Å². The number of carbonyl (C=O) groups is 2. The van der Waals surface area contributed by atoms with Crippen molar-refractivity contribution in [2.45, 2.75) is 32.2 Å². The molecule has 0 spiro atoms. The number of nitrogens with one attached hydrogen (secondary N) is 1. The third-order valence-corrected chi connectivity index (χ3v) is 6.97. The van der Waals surface area contributed by atoms with Crippen molar-refractivity contribution in [1.82, 2.24) is 9.62 Å². The molecular weight excluding hydrogens is 388 g/mol. The van der Waals surface area contributed by atoms with Gasteiger partial charge in [-0.15, -0.1) is 0 Å². The highest BCUT2D eigenvalue weighted by atomic mass is 32.2.